The summed E-state index contributed by atoms with van der Waals surface area (Å²) in [5, 5.41) is 2.90. The number of nitrogens with two attached hydrogens (primary N) is 1. The second-order valence-corrected chi connectivity index (χ2v) is 10.4. The molecule has 0 fully saturated rings. The number of para-hydroxylation sites is 3. The first-order valence-electron chi connectivity index (χ1n) is 12.5. The van der Waals surface area contributed by atoms with Crippen molar-refractivity contribution in [3.05, 3.63) is 90.5 Å². The lowest BCUT2D eigenvalue weighted by Gasteiger charge is -2.28. The number of hydrogen-bond acceptors (Lipinski definition) is 5. The van der Waals surface area contributed by atoms with Crippen LogP contribution in [0.4, 0.5) is 17.1 Å². The first kappa shape index (κ1) is 26.1. The number of fused-ring (bicyclic) bond motifs is 1. The van der Waals surface area contributed by atoms with Gasteiger partial charge in [-0.2, -0.15) is 0 Å². The van der Waals surface area contributed by atoms with Gasteiger partial charge in [-0.05, 0) is 36.2 Å². The SMILES string of the molecule is CC(C)(C)C(=O)CN1C(=O)C(NC(=O)[C@@H](N)Cc2ccccc2)CN(c2ccccc2)c2ccccc21. The van der Waals surface area contributed by atoms with Crippen molar-refractivity contribution in [2.24, 2.45) is 11.1 Å². The number of anilines is 3. The molecule has 0 bridgehead atoms. The molecule has 0 aromatic heterocycles. The van der Waals surface area contributed by atoms with Crippen LogP contribution < -0.4 is 20.9 Å². The lowest BCUT2D eigenvalue weighted by molar-refractivity contribution is -0.129. The van der Waals surface area contributed by atoms with Crippen molar-refractivity contribution >= 4 is 34.7 Å². The number of ketones is 1. The largest absolute Gasteiger partial charge is 0.341 e. The lowest BCUT2D eigenvalue weighted by atomic mass is 9.90. The van der Waals surface area contributed by atoms with Crippen LogP contribution in [0, 0.1) is 5.41 Å². The fourth-order valence-corrected chi connectivity index (χ4v) is 4.33. The molecule has 7 nitrogen and oxygen atoms in total. The van der Waals surface area contributed by atoms with Crippen molar-refractivity contribution in [3.63, 3.8) is 0 Å². The number of benzene rings is 3. The van der Waals surface area contributed by atoms with Gasteiger partial charge in [0.1, 0.15) is 6.04 Å². The molecule has 0 aliphatic carbocycles. The van der Waals surface area contributed by atoms with Gasteiger partial charge < -0.3 is 20.9 Å². The zero-order valence-corrected chi connectivity index (χ0v) is 21.6. The third kappa shape index (κ3) is 6.06. The molecule has 3 aromatic rings. The number of rotatable bonds is 7. The summed E-state index contributed by atoms with van der Waals surface area (Å²) in [5.41, 5.74) is 8.84. The highest BCUT2D eigenvalue weighted by Gasteiger charge is 2.38. The van der Waals surface area contributed by atoms with Gasteiger partial charge >= 0.3 is 0 Å². The highest BCUT2D eigenvalue weighted by molar-refractivity contribution is 6.08. The first-order chi connectivity index (χ1) is 17.6. The third-order valence-corrected chi connectivity index (χ3v) is 6.55. The van der Waals surface area contributed by atoms with Crippen molar-refractivity contribution in [2.45, 2.75) is 39.3 Å². The molecule has 192 valence electrons. The second-order valence-electron chi connectivity index (χ2n) is 10.4. The van der Waals surface area contributed by atoms with Crippen LogP contribution in [-0.4, -0.2) is 42.8 Å². The van der Waals surface area contributed by atoms with E-state index in [0.717, 1.165) is 16.9 Å². The van der Waals surface area contributed by atoms with Gasteiger partial charge in [0.05, 0.1) is 30.5 Å². The molecule has 7 heteroatoms. The zero-order valence-electron chi connectivity index (χ0n) is 21.6. The molecule has 0 radical (unpaired) electrons. The fraction of sp³-hybridized carbons (Fsp3) is 0.300. The molecule has 1 heterocycles. The summed E-state index contributed by atoms with van der Waals surface area (Å²) in [7, 11) is 0. The van der Waals surface area contributed by atoms with E-state index >= 15 is 0 Å². The maximum Gasteiger partial charge on any atom is 0.251 e. The summed E-state index contributed by atoms with van der Waals surface area (Å²) in [5.74, 6) is -0.832. The molecule has 2 atom stereocenters. The Morgan fingerprint density at radius 3 is 2.11 bits per heavy atom. The van der Waals surface area contributed by atoms with E-state index < -0.39 is 23.4 Å². The van der Waals surface area contributed by atoms with Crippen LogP contribution in [0.1, 0.15) is 26.3 Å². The van der Waals surface area contributed by atoms with Gasteiger partial charge in [0.15, 0.2) is 5.78 Å². The minimum Gasteiger partial charge on any atom is -0.341 e. The molecule has 1 unspecified atom stereocenters. The van der Waals surface area contributed by atoms with E-state index in [1.165, 1.54) is 4.90 Å². The maximum absolute atomic E-state index is 14.0. The Kier molecular flexibility index (Phi) is 7.74. The van der Waals surface area contributed by atoms with Crippen LogP contribution in [-0.2, 0) is 20.8 Å². The van der Waals surface area contributed by atoms with E-state index in [-0.39, 0.29) is 24.8 Å². The van der Waals surface area contributed by atoms with E-state index in [9.17, 15) is 14.4 Å². The first-order valence-corrected chi connectivity index (χ1v) is 12.5. The van der Waals surface area contributed by atoms with E-state index in [4.69, 9.17) is 5.73 Å². The molecule has 3 aromatic carbocycles. The monoisotopic (exact) mass is 498 g/mol. The Morgan fingerprint density at radius 1 is 0.919 bits per heavy atom. The van der Waals surface area contributed by atoms with Crippen LogP contribution in [0.5, 0.6) is 0 Å². The quantitative estimate of drug-likeness (QED) is 0.516. The van der Waals surface area contributed by atoms with E-state index in [1.54, 1.807) is 0 Å². The Bertz CT molecular complexity index is 1250. The number of carbonyl (C=O) groups is 3. The average Bonchev–Trinajstić information content (AvgIpc) is 3.00. The van der Waals surface area contributed by atoms with Gasteiger partial charge in [0, 0.05) is 11.1 Å². The Morgan fingerprint density at radius 2 is 1.49 bits per heavy atom. The number of carbonyl (C=O) groups excluding carboxylic acids is 3. The molecule has 1 aliphatic heterocycles. The second kappa shape index (κ2) is 11.0. The fourth-order valence-electron chi connectivity index (χ4n) is 4.33. The molecular weight excluding hydrogens is 464 g/mol. The molecule has 2 amide bonds. The summed E-state index contributed by atoms with van der Waals surface area (Å²) >= 11 is 0. The Balaban J connectivity index is 1.69. The van der Waals surface area contributed by atoms with E-state index in [0.29, 0.717) is 12.1 Å². The average molecular weight is 499 g/mol. The molecule has 0 spiro atoms. The molecular formula is C30H34N4O3. The number of amides is 2. The lowest BCUT2D eigenvalue weighted by Crippen LogP contribution is -2.56. The molecule has 4 rings (SSSR count). The summed E-state index contributed by atoms with van der Waals surface area (Å²) in [4.78, 5) is 43.7. The van der Waals surface area contributed by atoms with Crippen molar-refractivity contribution in [1.29, 1.82) is 0 Å². The summed E-state index contributed by atoms with van der Waals surface area (Å²) in [6.45, 7) is 5.61. The number of Topliss-reactive ketones (excluding diaryl/α,β-unsaturated/α-hetero) is 1. The van der Waals surface area contributed by atoms with Crippen LogP contribution >= 0.6 is 0 Å². The van der Waals surface area contributed by atoms with Crippen molar-refractivity contribution in [2.75, 3.05) is 22.9 Å². The standard InChI is InChI=1S/C30H34N4O3/c1-30(2,3)27(35)20-34-26-17-11-10-16-25(26)33(22-14-8-5-9-15-22)19-24(29(34)37)32-28(36)23(31)18-21-12-6-4-7-13-21/h4-17,23-24H,18-20,31H2,1-3H3,(H,32,36)/t23-,24?/m0/s1. The zero-order chi connectivity index (χ0) is 26.6. The molecule has 37 heavy (non-hydrogen) atoms. The third-order valence-electron chi connectivity index (χ3n) is 6.55. The Hall–Kier alpha value is -3.97. The van der Waals surface area contributed by atoms with Crippen LogP contribution in [0.25, 0.3) is 0 Å². The summed E-state index contributed by atoms with van der Waals surface area (Å²) in [6, 6.07) is 25.0. The normalized spacial score (nSPS) is 16.5. The van der Waals surface area contributed by atoms with Crippen molar-refractivity contribution < 1.29 is 14.4 Å². The Labute approximate surface area is 218 Å². The minimum absolute atomic E-state index is 0.0744. The van der Waals surface area contributed by atoms with Crippen LogP contribution in [0.2, 0.25) is 0 Å². The topological polar surface area (TPSA) is 95.7 Å². The van der Waals surface area contributed by atoms with E-state index in [1.807, 2.05) is 111 Å². The highest BCUT2D eigenvalue weighted by Crippen LogP contribution is 2.37. The summed E-state index contributed by atoms with van der Waals surface area (Å²) < 4.78 is 0. The number of hydrogen-bond donors (Lipinski definition) is 2. The van der Waals surface area contributed by atoms with Crippen LogP contribution in [0.3, 0.4) is 0 Å². The van der Waals surface area contributed by atoms with Crippen molar-refractivity contribution in [1.82, 2.24) is 5.32 Å². The smallest absolute Gasteiger partial charge is 0.251 e. The predicted molar refractivity (Wildman–Crippen MR) is 147 cm³/mol. The molecule has 0 saturated carbocycles. The maximum atomic E-state index is 14.0. The van der Waals surface area contributed by atoms with E-state index in [2.05, 4.69) is 5.32 Å². The van der Waals surface area contributed by atoms with Gasteiger partial charge in [-0.3, -0.25) is 14.4 Å². The van der Waals surface area contributed by atoms with Crippen LogP contribution in [0.15, 0.2) is 84.9 Å². The molecule has 1 aliphatic rings. The van der Waals surface area contributed by atoms with Gasteiger partial charge in [-0.15, -0.1) is 0 Å². The molecule has 0 saturated heterocycles. The number of nitrogens with one attached hydrogen (secondary N) is 1. The number of nitrogens with zero attached hydrogens (tertiary/aromatic N) is 2. The highest BCUT2D eigenvalue weighted by atomic mass is 16.2. The van der Waals surface area contributed by atoms with Gasteiger partial charge in [0.2, 0.25) is 5.91 Å². The predicted octanol–water partition coefficient (Wildman–Crippen LogP) is 3.84. The van der Waals surface area contributed by atoms with Gasteiger partial charge in [-0.25, -0.2) is 0 Å². The summed E-state index contributed by atoms with van der Waals surface area (Å²) in [6.07, 6.45) is 0.350. The van der Waals surface area contributed by atoms with Gasteiger partial charge in [0.25, 0.3) is 5.91 Å². The minimum atomic E-state index is -0.908. The van der Waals surface area contributed by atoms with Crippen molar-refractivity contribution in [3.8, 4) is 0 Å². The van der Waals surface area contributed by atoms with Gasteiger partial charge in [-0.1, -0.05) is 81.4 Å². The molecule has 3 N–H and O–H groups in total.